The van der Waals surface area contributed by atoms with Crippen LogP contribution in [-0.2, 0) is 0 Å². The van der Waals surface area contributed by atoms with Gasteiger partial charge >= 0.3 is 0 Å². The molecule has 1 fully saturated rings. The molecule has 0 bridgehead atoms. The van der Waals surface area contributed by atoms with Crippen LogP contribution in [0.3, 0.4) is 0 Å². The predicted molar refractivity (Wildman–Crippen MR) is 77.4 cm³/mol. The molecule has 0 radical (unpaired) electrons. The zero-order chi connectivity index (χ0) is 13.7. The molecule has 1 heterocycles. The zero-order valence-corrected chi connectivity index (χ0v) is 11.9. The molecular formula is C15H23N3O. The molecule has 4 nitrogen and oxygen atoms in total. The second kappa shape index (κ2) is 6.68. The van der Waals surface area contributed by atoms with Crippen LogP contribution in [0.1, 0.15) is 15.9 Å². The van der Waals surface area contributed by atoms with Crippen LogP contribution in [0.25, 0.3) is 0 Å². The van der Waals surface area contributed by atoms with Crippen LogP contribution < -0.4 is 5.32 Å². The van der Waals surface area contributed by atoms with Crippen molar-refractivity contribution >= 4 is 5.91 Å². The summed E-state index contributed by atoms with van der Waals surface area (Å²) in [6.07, 6.45) is 0. The van der Waals surface area contributed by atoms with Gasteiger partial charge in [0, 0.05) is 51.9 Å². The maximum absolute atomic E-state index is 12.2. The van der Waals surface area contributed by atoms with Gasteiger partial charge in [-0.3, -0.25) is 9.69 Å². The number of aryl methyl sites for hydroxylation is 1. The third-order valence-corrected chi connectivity index (χ3v) is 3.61. The number of likely N-dealkylation sites (N-methyl/N-ethyl adjacent to an activating group) is 1. The summed E-state index contributed by atoms with van der Waals surface area (Å²) in [5, 5.41) is 3.33. The lowest BCUT2D eigenvalue weighted by Gasteiger charge is -2.29. The van der Waals surface area contributed by atoms with Crippen LogP contribution in [0.5, 0.6) is 0 Å². The summed E-state index contributed by atoms with van der Waals surface area (Å²) < 4.78 is 0. The number of piperazine rings is 1. The third-order valence-electron chi connectivity index (χ3n) is 3.61. The van der Waals surface area contributed by atoms with E-state index in [0.29, 0.717) is 0 Å². The average Bonchev–Trinajstić information content (AvgIpc) is 2.46. The van der Waals surface area contributed by atoms with Crippen molar-refractivity contribution in [3.8, 4) is 0 Å². The van der Waals surface area contributed by atoms with Crippen molar-refractivity contribution in [3.63, 3.8) is 0 Å². The van der Waals surface area contributed by atoms with E-state index in [1.165, 1.54) is 5.56 Å². The highest BCUT2D eigenvalue weighted by Gasteiger charge is 2.14. The number of benzene rings is 1. The molecule has 0 saturated carbocycles. The summed E-state index contributed by atoms with van der Waals surface area (Å²) in [6.45, 7) is 8.02. The molecule has 0 atom stereocenters. The fourth-order valence-corrected chi connectivity index (χ4v) is 2.24. The molecule has 1 N–H and O–H groups in total. The van der Waals surface area contributed by atoms with Gasteiger partial charge in [0.2, 0.25) is 0 Å². The maximum Gasteiger partial charge on any atom is 0.253 e. The first-order chi connectivity index (χ1) is 9.16. The van der Waals surface area contributed by atoms with Gasteiger partial charge in [0.15, 0.2) is 0 Å². The fourth-order valence-electron chi connectivity index (χ4n) is 2.24. The fraction of sp³-hybridized carbons (Fsp3) is 0.533. The van der Waals surface area contributed by atoms with Crippen molar-refractivity contribution in [1.29, 1.82) is 0 Å². The number of hydrogen-bond acceptors (Lipinski definition) is 3. The number of carbonyl (C=O) groups is 1. The molecule has 1 aliphatic rings. The monoisotopic (exact) mass is 261 g/mol. The van der Waals surface area contributed by atoms with E-state index in [2.05, 4.69) is 10.2 Å². The molecular weight excluding hydrogens is 238 g/mol. The normalized spacial score (nSPS) is 16.3. The van der Waals surface area contributed by atoms with E-state index in [9.17, 15) is 4.79 Å². The topological polar surface area (TPSA) is 35.6 Å². The first-order valence-electron chi connectivity index (χ1n) is 6.92. The molecule has 104 valence electrons. The van der Waals surface area contributed by atoms with Crippen LogP contribution in [-0.4, -0.2) is 62.0 Å². The molecule has 0 aliphatic carbocycles. The number of carbonyl (C=O) groups excluding carboxylic acids is 1. The van der Waals surface area contributed by atoms with Crippen LogP contribution in [0, 0.1) is 6.92 Å². The summed E-state index contributed by atoms with van der Waals surface area (Å²) in [5.41, 5.74) is 1.95. The van der Waals surface area contributed by atoms with Crippen LogP contribution in [0.4, 0.5) is 0 Å². The van der Waals surface area contributed by atoms with E-state index < -0.39 is 0 Å². The largest absolute Gasteiger partial charge is 0.340 e. The Hall–Kier alpha value is -1.39. The Morgan fingerprint density at radius 1 is 1.26 bits per heavy atom. The van der Waals surface area contributed by atoms with Gasteiger partial charge in [-0.15, -0.1) is 0 Å². The minimum absolute atomic E-state index is 0.107. The van der Waals surface area contributed by atoms with Crippen molar-refractivity contribution in [2.45, 2.75) is 6.92 Å². The van der Waals surface area contributed by atoms with Crippen molar-refractivity contribution in [3.05, 3.63) is 35.4 Å². The Morgan fingerprint density at radius 3 is 2.53 bits per heavy atom. The summed E-state index contributed by atoms with van der Waals surface area (Å²) >= 11 is 0. The molecule has 1 amide bonds. The van der Waals surface area contributed by atoms with Gasteiger partial charge in [-0.25, -0.2) is 0 Å². The highest BCUT2D eigenvalue weighted by atomic mass is 16.2. The maximum atomic E-state index is 12.2. The molecule has 0 aromatic heterocycles. The minimum Gasteiger partial charge on any atom is -0.340 e. The van der Waals surface area contributed by atoms with Gasteiger partial charge in [0.25, 0.3) is 5.91 Å². The summed E-state index contributed by atoms with van der Waals surface area (Å²) in [7, 11) is 1.88. The SMILES string of the molecule is Cc1ccc(C(=O)N(C)CCN2CCNCC2)cc1. The van der Waals surface area contributed by atoms with Gasteiger partial charge in [0.05, 0.1) is 0 Å². The molecule has 19 heavy (non-hydrogen) atoms. The molecule has 1 aromatic rings. The first kappa shape index (κ1) is 14.0. The Balaban J connectivity index is 1.83. The van der Waals surface area contributed by atoms with Crippen molar-refractivity contribution in [2.75, 3.05) is 46.3 Å². The minimum atomic E-state index is 0.107. The molecule has 1 aromatic carbocycles. The van der Waals surface area contributed by atoms with Gasteiger partial charge in [-0.2, -0.15) is 0 Å². The zero-order valence-electron chi connectivity index (χ0n) is 11.9. The molecule has 0 unspecified atom stereocenters. The Labute approximate surface area is 115 Å². The van der Waals surface area contributed by atoms with E-state index in [0.717, 1.165) is 44.8 Å². The number of amides is 1. The van der Waals surface area contributed by atoms with Gasteiger partial charge in [-0.05, 0) is 19.1 Å². The Kier molecular flexibility index (Phi) is 4.93. The van der Waals surface area contributed by atoms with E-state index in [1.54, 1.807) is 0 Å². The molecule has 1 aliphatic heterocycles. The molecule has 1 saturated heterocycles. The lowest BCUT2D eigenvalue weighted by atomic mass is 10.1. The van der Waals surface area contributed by atoms with Gasteiger partial charge in [-0.1, -0.05) is 17.7 Å². The second-order valence-electron chi connectivity index (χ2n) is 5.18. The van der Waals surface area contributed by atoms with Crippen LogP contribution in [0.15, 0.2) is 24.3 Å². The lowest BCUT2D eigenvalue weighted by Crippen LogP contribution is -2.46. The second-order valence-corrected chi connectivity index (χ2v) is 5.18. The lowest BCUT2D eigenvalue weighted by molar-refractivity contribution is 0.0775. The summed E-state index contributed by atoms with van der Waals surface area (Å²) in [5.74, 6) is 0.107. The van der Waals surface area contributed by atoms with Gasteiger partial charge < -0.3 is 10.2 Å². The van der Waals surface area contributed by atoms with E-state index in [4.69, 9.17) is 0 Å². The highest BCUT2D eigenvalue weighted by Crippen LogP contribution is 2.06. The van der Waals surface area contributed by atoms with E-state index >= 15 is 0 Å². The van der Waals surface area contributed by atoms with Crippen molar-refractivity contribution in [1.82, 2.24) is 15.1 Å². The Morgan fingerprint density at radius 2 is 1.89 bits per heavy atom. The average molecular weight is 261 g/mol. The van der Waals surface area contributed by atoms with Crippen molar-refractivity contribution < 1.29 is 4.79 Å². The summed E-state index contributed by atoms with van der Waals surface area (Å²) in [4.78, 5) is 16.4. The molecule has 4 heteroatoms. The van der Waals surface area contributed by atoms with E-state index in [1.807, 2.05) is 43.1 Å². The van der Waals surface area contributed by atoms with Gasteiger partial charge in [0.1, 0.15) is 0 Å². The molecule has 2 rings (SSSR count). The Bertz CT molecular complexity index is 410. The highest BCUT2D eigenvalue weighted by molar-refractivity contribution is 5.94. The predicted octanol–water partition coefficient (Wildman–Crippen LogP) is 0.972. The first-order valence-corrected chi connectivity index (χ1v) is 6.92. The van der Waals surface area contributed by atoms with Crippen LogP contribution in [0.2, 0.25) is 0 Å². The van der Waals surface area contributed by atoms with Crippen LogP contribution >= 0.6 is 0 Å². The smallest absolute Gasteiger partial charge is 0.253 e. The number of nitrogens with one attached hydrogen (secondary N) is 1. The van der Waals surface area contributed by atoms with Crippen molar-refractivity contribution in [2.24, 2.45) is 0 Å². The summed E-state index contributed by atoms with van der Waals surface area (Å²) in [6, 6.07) is 7.77. The third kappa shape index (κ3) is 4.04. The quantitative estimate of drug-likeness (QED) is 0.877. The number of hydrogen-bond donors (Lipinski definition) is 1. The number of rotatable bonds is 4. The van der Waals surface area contributed by atoms with E-state index in [-0.39, 0.29) is 5.91 Å². The number of nitrogens with zero attached hydrogens (tertiary/aromatic N) is 2. The standard InChI is InChI=1S/C15H23N3O/c1-13-3-5-14(6-4-13)15(19)17(2)11-12-18-9-7-16-8-10-18/h3-6,16H,7-12H2,1-2H3. The molecule has 0 spiro atoms.